The van der Waals surface area contributed by atoms with Gasteiger partial charge in [-0.3, -0.25) is 4.31 Å². The summed E-state index contributed by atoms with van der Waals surface area (Å²) in [6.07, 6.45) is 0. The highest BCUT2D eigenvalue weighted by atomic mass is 79.9. The van der Waals surface area contributed by atoms with Gasteiger partial charge in [0.25, 0.3) is 10.0 Å². The molecule has 0 saturated carbocycles. The second kappa shape index (κ2) is 5.95. The highest BCUT2D eigenvalue weighted by Gasteiger charge is 2.24. The van der Waals surface area contributed by atoms with Gasteiger partial charge in [-0.1, -0.05) is 24.3 Å². The van der Waals surface area contributed by atoms with Gasteiger partial charge >= 0.3 is 0 Å². The van der Waals surface area contributed by atoms with Crippen molar-refractivity contribution in [1.29, 1.82) is 0 Å². The van der Waals surface area contributed by atoms with Crippen molar-refractivity contribution in [1.82, 2.24) is 0 Å². The van der Waals surface area contributed by atoms with Crippen LogP contribution in [0.1, 0.15) is 5.56 Å². The molecule has 0 unspecified atom stereocenters. The lowest BCUT2D eigenvalue weighted by Crippen LogP contribution is -2.27. The fraction of sp³-hybridized carbons (Fsp3) is 0.143. The van der Waals surface area contributed by atoms with Gasteiger partial charge in [0.05, 0.1) is 5.69 Å². The molecule has 0 fully saturated rings. The molecule has 0 spiro atoms. The minimum absolute atomic E-state index is 0.215. The summed E-state index contributed by atoms with van der Waals surface area (Å²) in [6.45, 7) is 0.296. The van der Waals surface area contributed by atoms with Crippen molar-refractivity contribution in [3.8, 4) is 0 Å². The van der Waals surface area contributed by atoms with Crippen LogP contribution in [0, 0.1) is 0 Å². The second-order valence-corrected chi connectivity index (χ2v) is 7.07. The molecule has 2 aromatic carbocycles. The molecule has 106 valence electrons. The molecule has 0 atom stereocenters. The first-order chi connectivity index (χ1) is 9.46. The maximum atomic E-state index is 12.7. The van der Waals surface area contributed by atoms with Crippen molar-refractivity contribution < 1.29 is 8.42 Å². The third-order valence-electron chi connectivity index (χ3n) is 2.99. The molecule has 0 aromatic heterocycles. The largest absolute Gasteiger partial charge is 0.326 e. The zero-order valence-electron chi connectivity index (χ0n) is 11.0. The summed E-state index contributed by atoms with van der Waals surface area (Å²) in [7, 11) is -2.09. The molecule has 0 amide bonds. The van der Waals surface area contributed by atoms with Gasteiger partial charge in [-0.15, -0.1) is 0 Å². The van der Waals surface area contributed by atoms with E-state index in [1.54, 1.807) is 42.5 Å². The van der Waals surface area contributed by atoms with E-state index < -0.39 is 10.0 Å². The fourth-order valence-electron chi connectivity index (χ4n) is 1.80. The summed E-state index contributed by atoms with van der Waals surface area (Å²) in [5.74, 6) is 0. The van der Waals surface area contributed by atoms with Gasteiger partial charge in [0.2, 0.25) is 0 Å². The number of nitrogens with zero attached hydrogens (tertiary/aromatic N) is 1. The van der Waals surface area contributed by atoms with Crippen LogP contribution in [0.25, 0.3) is 0 Å². The first-order valence-corrected chi connectivity index (χ1v) is 8.22. The predicted molar refractivity (Wildman–Crippen MR) is 84.1 cm³/mol. The highest BCUT2D eigenvalue weighted by molar-refractivity contribution is 9.10. The van der Waals surface area contributed by atoms with Gasteiger partial charge in [-0.05, 0) is 45.8 Å². The third kappa shape index (κ3) is 2.87. The molecule has 0 aliphatic rings. The van der Waals surface area contributed by atoms with E-state index in [1.165, 1.54) is 11.4 Å². The van der Waals surface area contributed by atoms with Crippen LogP contribution in [0.3, 0.4) is 0 Å². The number of hydrogen-bond acceptors (Lipinski definition) is 3. The zero-order chi connectivity index (χ0) is 14.8. The molecule has 20 heavy (non-hydrogen) atoms. The molecule has 0 aliphatic heterocycles. The van der Waals surface area contributed by atoms with Crippen LogP contribution in [0.4, 0.5) is 5.69 Å². The lowest BCUT2D eigenvalue weighted by Gasteiger charge is -2.20. The molecule has 0 bridgehead atoms. The molecule has 0 aliphatic carbocycles. The van der Waals surface area contributed by atoms with Gasteiger partial charge < -0.3 is 5.73 Å². The Balaban J connectivity index is 2.50. The van der Waals surface area contributed by atoms with E-state index >= 15 is 0 Å². The van der Waals surface area contributed by atoms with Crippen molar-refractivity contribution in [3.05, 3.63) is 58.6 Å². The third-order valence-corrected chi connectivity index (χ3v) is 5.77. The van der Waals surface area contributed by atoms with E-state index in [0.29, 0.717) is 16.7 Å². The van der Waals surface area contributed by atoms with Crippen molar-refractivity contribution in [3.63, 3.8) is 0 Å². The number of rotatable bonds is 4. The minimum atomic E-state index is -3.62. The van der Waals surface area contributed by atoms with Crippen LogP contribution in [-0.2, 0) is 16.6 Å². The Bertz CT molecular complexity index is 702. The molecule has 2 rings (SSSR count). The average molecular weight is 355 g/mol. The van der Waals surface area contributed by atoms with Crippen molar-refractivity contribution in [2.24, 2.45) is 5.73 Å². The van der Waals surface area contributed by atoms with E-state index in [9.17, 15) is 8.42 Å². The van der Waals surface area contributed by atoms with Gasteiger partial charge in [0, 0.05) is 18.1 Å². The first kappa shape index (κ1) is 15.0. The van der Waals surface area contributed by atoms with Crippen LogP contribution in [0.15, 0.2) is 57.9 Å². The number of hydrogen-bond donors (Lipinski definition) is 1. The van der Waals surface area contributed by atoms with Crippen LogP contribution >= 0.6 is 15.9 Å². The summed E-state index contributed by atoms with van der Waals surface area (Å²) in [5, 5.41) is 0. The number of sulfonamides is 1. The normalized spacial score (nSPS) is 11.3. The molecule has 4 nitrogen and oxygen atoms in total. The maximum absolute atomic E-state index is 12.7. The summed E-state index contributed by atoms with van der Waals surface area (Å²) in [5.41, 5.74) is 6.96. The minimum Gasteiger partial charge on any atom is -0.326 e. The summed E-state index contributed by atoms with van der Waals surface area (Å²) >= 11 is 3.29. The predicted octanol–water partition coefficient (Wildman–Crippen LogP) is 2.73. The average Bonchev–Trinajstić information content (AvgIpc) is 2.47. The number of nitrogens with two attached hydrogens (primary N) is 1. The zero-order valence-corrected chi connectivity index (χ0v) is 13.4. The Morgan fingerprint density at radius 1 is 1.15 bits per heavy atom. The lowest BCUT2D eigenvalue weighted by atomic mass is 10.2. The maximum Gasteiger partial charge on any atom is 0.265 e. The van der Waals surface area contributed by atoms with Gasteiger partial charge in [0.1, 0.15) is 4.90 Å². The molecule has 6 heteroatoms. The van der Waals surface area contributed by atoms with Crippen LogP contribution < -0.4 is 10.0 Å². The van der Waals surface area contributed by atoms with Crippen molar-refractivity contribution in [2.45, 2.75) is 11.4 Å². The Morgan fingerprint density at radius 2 is 1.80 bits per heavy atom. The van der Waals surface area contributed by atoms with Crippen LogP contribution in [-0.4, -0.2) is 15.5 Å². The van der Waals surface area contributed by atoms with E-state index in [2.05, 4.69) is 15.9 Å². The quantitative estimate of drug-likeness (QED) is 0.917. The molecule has 0 heterocycles. The molecule has 0 saturated heterocycles. The standard InChI is InChI=1S/C14H15BrN2O2S/c1-17(12-5-3-2-4-6-12)20(18,19)14-9-11(10-16)7-8-13(14)15/h2-9H,10,16H2,1H3. The number of anilines is 1. The van der Waals surface area contributed by atoms with Crippen LogP contribution in [0.2, 0.25) is 0 Å². The number of benzene rings is 2. The highest BCUT2D eigenvalue weighted by Crippen LogP contribution is 2.28. The van der Waals surface area contributed by atoms with E-state index in [1.807, 2.05) is 6.07 Å². The smallest absolute Gasteiger partial charge is 0.265 e. The SMILES string of the molecule is CN(c1ccccc1)S(=O)(=O)c1cc(CN)ccc1Br. The Morgan fingerprint density at radius 3 is 2.40 bits per heavy atom. The summed E-state index contributed by atoms with van der Waals surface area (Å²) in [4.78, 5) is 0.215. The van der Waals surface area contributed by atoms with Gasteiger partial charge in [0.15, 0.2) is 0 Å². The molecular formula is C14H15BrN2O2S. The Labute approximate surface area is 127 Å². The molecular weight excluding hydrogens is 340 g/mol. The first-order valence-electron chi connectivity index (χ1n) is 5.99. The summed E-state index contributed by atoms with van der Waals surface area (Å²) in [6, 6.07) is 14.0. The Kier molecular flexibility index (Phi) is 4.47. The molecule has 0 radical (unpaired) electrons. The summed E-state index contributed by atoms with van der Waals surface area (Å²) < 4.78 is 27.1. The number of para-hydroxylation sites is 1. The fourth-order valence-corrected chi connectivity index (χ4v) is 3.97. The second-order valence-electron chi connectivity index (χ2n) is 4.28. The van der Waals surface area contributed by atoms with E-state index in [0.717, 1.165) is 5.56 Å². The van der Waals surface area contributed by atoms with Gasteiger partial charge in [-0.2, -0.15) is 0 Å². The van der Waals surface area contributed by atoms with Crippen LogP contribution in [0.5, 0.6) is 0 Å². The van der Waals surface area contributed by atoms with E-state index in [-0.39, 0.29) is 4.90 Å². The van der Waals surface area contributed by atoms with Crippen molar-refractivity contribution in [2.75, 3.05) is 11.4 Å². The van der Waals surface area contributed by atoms with Gasteiger partial charge in [-0.25, -0.2) is 8.42 Å². The van der Waals surface area contributed by atoms with E-state index in [4.69, 9.17) is 5.73 Å². The Hall–Kier alpha value is -1.37. The monoisotopic (exact) mass is 354 g/mol. The topological polar surface area (TPSA) is 63.4 Å². The molecule has 2 aromatic rings. The lowest BCUT2D eigenvalue weighted by molar-refractivity contribution is 0.593. The number of halogens is 1. The van der Waals surface area contributed by atoms with Crippen molar-refractivity contribution >= 4 is 31.6 Å². The molecule has 2 N–H and O–H groups in total.